The number of hydrogen-bond acceptors (Lipinski definition) is 9. The molecule has 0 spiro atoms. The van der Waals surface area contributed by atoms with Gasteiger partial charge in [-0.15, -0.1) is 10.2 Å². The zero-order valence-corrected chi connectivity index (χ0v) is 21.1. The molecule has 0 bridgehead atoms. The number of anilines is 1. The summed E-state index contributed by atoms with van der Waals surface area (Å²) in [7, 11) is -1.17. The maximum atomic E-state index is 13.1. The van der Waals surface area contributed by atoms with Crippen LogP contribution in [0.4, 0.5) is 5.95 Å². The van der Waals surface area contributed by atoms with Gasteiger partial charge in [-0.2, -0.15) is 5.26 Å². The number of nitrogens with zero attached hydrogens (tertiary/aromatic N) is 5. The van der Waals surface area contributed by atoms with Gasteiger partial charge < -0.3 is 14.6 Å². The summed E-state index contributed by atoms with van der Waals surface area (Å²) in [5, 5.41) is 27.9. The predicted octanol–water partition coefficient (Wildman–Crippen LogP) is 3.00. The Hall–Kier alpha value is -4.47. The standard InChI is InChI=1S/C25H24N6O5S/c1-16-11-19(14-27-13-16)24-28-29-25(31(24)23-21(35-2)5-4-6-22(23)36-3)30-37(33,34)15-20(32)18-9-7-17(12-26)8-10-18/h4-11,13-14,20,32H,15H2,1-3H3,(H,29,30)/t20-/m1/s1. The number of rotatable bonds is 9. The lowest BCUT2D eigenvalue weighted by atomic mass is 10.1. The lowest BCUT2D eigenvalue weighted by Gasteiger charge is -2.18. The summed E-state index contributed by atoms with van der Waals surface area (Å²) >= 11 is 0. The summed E-state index contributed by atoms with van der Waals surface area (Å²) in [4.78, 5) is 4.21. The molecule has 2 aromatic heterocycles. The molecule has 4 aromatic rings. The molecule has 0 aliphatic rings. The number of nitrogens with one attached hydrogen (secondary N) is 1. The van der Waals surface area contributed by atoms with E-state index in [-0.39, 0.29) is 5.95 Å². The number of methoxy groups -OCH3 is 2. The topological polar surface area (TPSA) is 152 Å². The van der Waals surface area contributed by atoms with Crippen molar-refractivity contribution in [3.8, 4) is 34.6 Å². The Bertz CT molecular complexity index is 1540. The van der Waals surface area contributed by atoms with Crippen LogP contribution < -0.4 is 14.2 Å². The van der Waals surface area contributed by atoms with Gasteiger partial charge in [0.15, 0.2) is 5.82 Å². The van der Waals surface area contributed by atoms with Gasteiger partial charge in [-0.05, 0) is 48.4 Å². The quantitative estimate of drug-likeness (QED) is 0.339. The second-order valence-corrected chi connectivity index (χ2v) is 9.84. The molecule has 0 saturated carbocycles. The van der Waals surface area contributed by atoms with Crippen molar-refractivity contribution in [3.63, 3.8) is 0 Å². The Morgan fingerprint density at radius 3 is 2.35 bits per heavy atom. The molecule has 0 aliphatic carbocycles. The normalized spacial score (nSPS) is 12.0. The number of ether oxygens (including phenoxy) is 2. The van der Waals surface area contributed by atoms with Gasteiger partial charge in [0.2, 0.25) is 16.0 Å². The number of aromatic nitrogens is 4. The lowest BCUT2D eigenvalue weighted by molar-refractivity contribution is 0.202. The van der Waals surface area contributed by atoms with E-state index in [2.05, 4.69) is 19.9 Å². The van der Waals surface area contributed by atoms with Gasteiger partial charge in [0.25, 0.3) is 0 Å². The fourth-order valence-corrected chi connectivity index (χ4v) is 4.84. The van der Waals surface area contributed by atoms with Crippen molar-refractivity contribution in [1.82, 2.24) is 19.7 Å². The molecule has 0 saturated heterocycles. The number of nitriles is 1. The van der Waals surface area contributed by atoms with Crippen LogP contribution >= 0.6 is 0 Å². The number of aliphatic hydroxyl groups is 1. The number of para-hydroxylation sites is 1. The van der Waals surface area contributed by atoms with Crippen molar-refractivity contribution in [2.75, 3.05) is 24.7 Å². The van der Waals surface area contributed by atoms with Crippen molar-refractivity contribution in [2.45, 2.75) is 13.0 Å². The van der Waals surface area contributed by atoms with Crippen LogP contribution in [-0.2, 0) is 10.0 Å². The number of aryl methyl sites for hydroxylation is 1. The molecule has 0 unspecified atom stereocenters. The molecular weight excluding hydrogens is 496 g/mol. The third kappa shape index (κ3) is 5.53. The monoisotopic (exact) mass is 520 g/mol. The van der Waals surface area contributed by atoms with Crippen LogP contribution in [0.5, 0.6) is 11.5 Å². The highest BCUT2D eigenvalue weighted by Gasteiger charge is 2.27. The van der Waals surface area contributed by atoms with Crippen LogP contribution in [0.2, 0.25) is 0 Å². The van der Waals surface area contributed by atoms with E-state index in [9.17, 15) is 13.5 Å². The Balaban J connectivity index is 1.78. The third-order valence-corrected chi connectivity index (χ3v) is 6.72. The molecule has 190 valence electrons. The number of aliphatic hydroxyl groups excluding tert-OH is 1. The van der Waals surface area contributed by atoms with Gasteiger partial charge in [0.05, 0.1) is 37.7 Å². The highest BCUT2D eigenvalue weighted by molar-refractivity contribution is 7.92. The highest BCUT2D eigenvalue weighted by Crippen LogP contribution is 2.37. The minimum absolute atomic E-state index is 0.133. The Labute approximate surface area is 214 Å². The second kappa shape index (κ2) is 10.7. The van der Waals surface area contributed by atoms with Crippen LogP contribution in [0.25, 0.3) is 17.1 Å². The molecule has 4 rings (SSSR count). The maximum Gasteiger partial charge on any atom is 0.243 e. The largest absolute Gasteiger partial charge is 0.494 e. The molecule has 1 atom stereocenters. The number of sulfonamides is 1. The summed E-state index contributed by atoms with van der Waals surface area (Å²) in [5.74, 6) is 0.282. The van der Waals surface area contributed by atoms with Gasteiger partial charge in [0, 0.05) is 18.0 Å². The van der Waals surface area contributed by atoms with E-state index >= 15 is 0 Å². The van der Waals surface area contributed by atoms with Gasteiger partial charge in [-0.1, -0.05) is 18.2 Å². The predicted molar refractivity (Wildman–Crippen MR) is 136 cm³/mol. The van der Waals surface area contributed by atoms with E-state index in [1.807, 2.05) is 19.1 Å². The smallest absolute Gasteiger partial charge is 0.243 e. The molecule has 12 heteroatoms. The highest BCUT2D eigenvalue weighted by atomic mass is 32.2. The van der Waals surface area contributed by atoms with Crippen molar-refractivity contribution in [2.24, 2.45) is 0 Å². The van der Waals surface area contributed by atoms with E-state index in [0.717, 1.165) is 5.56 Å². The summed E-state index contributed by atoms with van der Waals surface area (Å²) < 4.78 is 41.2. The van der Waals surface area contributed by atoms with Gasteiger partial charge in [0.1, 0.15) is 17.2 Å². The van der Waals surface area contributed by atoms with Crippen LogP contribution in [0.3, 0.4) is 0 Å². The SMILES string of the molecule is COc1cccc(OC)c1-n1c(NS(=O)(=O)C[C@@H](O)c2ccc(C#N)cc2)nnc1-c1cncc(C)c1. The zero-order chi connectivity index (χ0) is 26.6. The first-order valence-electron chi connectivity index (χ1n) is 11.0. The molecule has 0 amide bonds. The molecule has 0 fully saturated rings. The van der Waals surface area contributed by atoms with E-state index in [1.54, 1.807) is 30.6 Å². The Morgan fingerprint density at radius 2 is 1.76 bits per heavy atom. The lowest BCUT2D eigenvalue weighted by Crippen LogP contribution is -2.23. The summed E-state index contributed by atoms with van der Waals surface area (Å²) in [6, 6.07) is 15.0. The molecule has 0 aliphatic heterocycles. The summed E-state index contributed by atoms with van der Waals surface area (Å²) in [6.07, 6.45) is 1.92. The van der Waals surface area contributed by atoms with Crippen LogP contribution in [0.15, 0.2) is 60.9 Å². The average Bonchev–Trinajstić information content (AvgIpc) is 3.29. The van der Waals surface area contributed by atoms with E-state index in [1.165, 1.54) is 43.1 Å². The second-order valence-electron chi connectivity index (χ2n) is 8.08. The number of hydrogen-bond donors (Lipinski definition) is 2. The molecule has 2 N–H and O–H groups in total. The molecule has 37 heavy (non-hydrogen) atoms. The van der Waals surface area contributed by atoms with Gasteiger partial charge in [-0.3, -0.25) is 14.3 Å². The van der Waals surface area contributed by atoms with Crippen LogP contribution in [-0.4, -0.2) is 53.2 Å². The minimum Gasteiger partial charge on any atom is -0.494 e. The first-order chi connectivity index (χ1) is 17.8. The molecule has 0 radical (unpaired) electrons. The van der Waals surface area contributed by atoms with Crippen molar-refractivity contribution < 1.29 is 23.0 Å². The average molecular weight is 521 g/mol. The van der Waals surface area contributed by atoms with Crippen molar-refractivity contribution in [1.29, 1.82) is 5.26 Å². The summed E-state index contributed by atoms with van der Waals surface area (Å²) in [5.41, 5.74) is 2.58. The molecule has 2 heterocycles. The third-order valence-electron chi connectivity index (χ3n) is 5.47. The minimum atomic E-state index is -4.13. The fourth-order valence-electron chi connectivity index (χ4n) is 3.74. The first kappa shape index (κ1) is 25.6. The summed E-state index contributed by atoms with van der Waals surface area (Å²) in [6.45, 7) is 1.87. The zero-order valence-electron chi connectivity index (χ0n) is 20.3. The number of benzene rings is 2. The molecular formula is C25H24N6O5S. The molecule has 2 aromatic carbocycles. The van der Waals surface area contributed by atoms with Crippen LogP contribution in [0.1, 0.15) is 22.8 Å². The van der Waals surface area contributed by atoms with E-state index in [0.29, 0.717) is 39.7 Å². The van der Waals surface area contributed by atoms with Gasteiger partial charge >= 0.3 is 0 Å². The van der Waals surface area contributed by atoms with Crippen molar-refractivity contribution >= 4 is 16.0 Å². The first-order valence-corrected chi connectivity index (χ1v) is 12.7. The van der Waals surface area contributed by atoms with E-state index < -0.39 is 21.9 Å². The maximum absolute atomic E-state index is 13.1. The fraction of sp³-hybridized carbons (Fsp3) is 0.200. The molecule has 11 nitrogen and oxygen atoms in total. The van der Waals surface area contributed by atoms with Crippen molar-refractivity contribution in [3.05, 3.63) is 77.6 Å². The number of pyridine rings is 1. The van der Waals surface area contributed by atoms with E-state index in [4.69, 9.17) is 14.7 Å². The van der Waals surface area contributed by atoms with Crippen LogP contribution in [0, 0.1) is 18.3 Å². The van der Waals surface area contributed by atoms with Gasteiger partial charge in [-0.25, -0.2) is 8.42 Å². The Kier molecular flexibility index (Phi) is 7.37. The Morgan fingerprint density at radius 1 is 1.08 bits per heavy atom.